The van der Waals surface area contributed by atoms with E-state index >= 15 is 0 Å². The molecule has 102 valence electrons. The molecule has 0 aliphatic heterocycles. The SMILES string of the molecule is NC(=S)c1nc2ncccc2n1S(=O)(=O)c1cccs1. The first-order chi connectivity index (χ1) is 9.51. The molecule has 0 radical (unpaired) electrons. The zero-order valence-corrected chi connectivity index (χ0v) is 12.4. The van der Waals surface area contributed by atoms with Crippen molar-refractivity contribution >= 4 is 49.7 Å². The summed E-state index contributed by atoms with van der Waals surface area (Å²) in [5, 5.41) is 1.69. The number of nitrogens with two attached hydrogens (primary N) is 1. The van der Waals surface area contributed by atoms with E-state index in [2.05, 4.69) is 9.97 Å². The maximum Gasteiger partial charge on any atom is 0.279 e. The molecule has 2 N–H and O–H groups in total. The summed E-state index contributed by atoms with van der Waals surface area (Å²) in [6.45, 7) is 0. The average Bonchev–Trinajstić information content (AvgIpc) is 3.06. The fraction of sp³-hybridized carbons (Fsp3) is 0. The van der Waals surface area contributed by atoms with Crippen molar-refractivity contribution in [2.24, 2.45) is 5.73 Å². The predicted octanol–water partition coefficient (Wildman–Crippen LogP) is 1.36. The zero-order chi connectivity index (χ0) is 14.3. The van der Waals surface area contributed by atoms with E-state index in [-0.39, 0.29) is 20.7 Å². The van der Waals surface area contributed by atoms with Crippen LogP contribution in [0.3, 0.4) is 0 Å². The Morgan fingerprint density at radius 1 is 1.35 bits per heavy atom. The first kappa shape index (κ1) is 13.2. The molecule has 9 heteroatoms. The van der Waals surface area contributed by atoms with Gasteiger partial charge in [0.05, 0.1) is 0 Å². The van der Waals surface area contributed by atoms with Gasteiger partial charge in [0.1, 0.15) is 14.7 Å². The highest BCUT2D eigenvalue weighted by Crippen LogP contribution is 2.25. The zero-order valence-electron chi connectivity index (χ0n) is 9.92. The summed E-state index contributed by atoms with van der Waals surface area (Å²) in [6.07, 6.45) is 1.53. The number of rotatable bonds is 3. The maximum atomic E-state index is 12.7. The molecule has 6 nitrogen and oxygen atoms in total. The van der Waals surface area contributed by atoms with Crippen molar-refractivity contribution in [1.29, 1.82) is 0 Å². The van der Waals surface area contributed by atoms with Crippen molar-refractivity contribution < 1.29 is 8.42 Å². The molecule has 0 unspecified atom stereocenters. The first-order valence-corrected chi connectivity index (χ1v) is 8.17. The maximum absolute atomic E-state index is 12.7. The van der Waals surface area contributed by atoms with Crippen molar-refractivity contribution in [3.05, 3.63) is 41.7 Å². The molecule has 0 fully saturated rings. The van der Waals surface area contributed by atoms with Crippen LogP contribution in [0.2, 0.25) is 0 Å². The van der Waals surface area contributed by atoms with Gasteiger partial charge in [-0.3, -0.25) is 0 Å². The second kappa shape index (κ2) is 4.62. The van der Waals surface area contributed by atoms with Gasteiger partial charge in [-0.15, -0.1) is 11.3 Å². The van der Waals surface area contributed by atoms with Gasteiger partial charge in [-0.05, 0) is 23.6 Å². The summed E-state index contributed by atoms with van der Waals surface area (Å²) in [5.74, 6) is 0.0158. The lowest BCUT2D eigenvalue weighted by molar-refractivity contribution is 0.590. The van der Waals surface area contributed by atoms with Crippen LogP contribution in [0.15, 0.2) is 40.1 Å². The lowest BCUT2D eigenvalue weighted by atomic mass is 10.4. The second-order valence-electron chi connectivity index (χ2n) is 3.85. The van der Waals surface area contributed by atoms with Crippen molar-refractivity contribution in [3.63, 3.8) is 0 Å². The number of aromatic nitrogens is 3. The summed E-state index contributed by atoms with van der Waals surface area (Å²) >= 11 is 6.01. The molecular formula is C11H8N4O2S3. The van der Waals surface area contributed by atoms with Gasteiger partial charge in [-0.2, -0.15) is 8.42 Å². The molecule has 0 aromatic carbocycles. The Labute approximate surface area is 123 Å². The Balaban J connectivity index is 2.41. The highest BCUT2D eigenvalue weighted by Gasteiger charge is 2.26. The molecular weight excluding hydrogens is 316 g/mol. The summed E-state index contributed by atoms with van der Waals surface area (Å²) in [5.41, 5.74) is 6.23. The van der Waals surface area contributed by atoms with Crippen molar-refractivity contribution in [1.82, 2.24) is 13.9 Å². The van der Waals surface area contributed by atoms with E-state index in [1.807, 2.05) is 0 Å². The fourth-order valence-electron chi connectivity index (χ4n) is 1.79. The van der Waals surface area contributed by atoms with Crippen LogP contribution < -0.4 is 5.73 Å². The number of imidazole rings is 1. The van der Waals surface area contributed by atoms with Crippen LogP contribution >= 0.6 is 23.6 Å². The predicted molar refractivity (Wildman–Crippen MR) is 80.3 cm³/mol. The molecule has 3 aromatic rings. The van der Waals surface area contributed by atoms with Gasteiger partial charge in [-0.25, -0.2) is 13.9 Å². The van der Waals surface area contributed by atoms with Gasteiger partial charge in [0.15, 0.2) is 11.5 Å². The highest BCUT2D eigenvalue weighted by molar-refractivity contribution is 7.92. The molecule has 20 heavy (non-hydrogen) atoms. The third-order valence-electron chi connectivity index (χ3n) is 2.60. The lowest BCUT2D eigenvalue weighted by Gasteiger charge is -2.07. The van der Waals surface area contributed by atoms with E-state index < -0.39 is 10.0 Å². The van der Waals surface area contributed by atoms with Crippen molar-refractivity contribution in [2.45, 2.75) is 4.21 Å². The average molecular weight is 324 g/mol. The Morgan fingerprint density at radius 3 is 2.80 bits per heavy atom. The van der Waals surface area contributed by atoms with Crippen molar-refractivity contribution in [3.8, 4) is 0 Å². The number of hydrogen-bond donors (Lipinski definition) is 1. The Bertz CT molecular complexity index is 897. The minimum atomic E-state index is -3.79. The Hall–Kier alpha value is -1.84. The second-order valence-corrected chi connectivity index (χ2v) is 7.25. The number of fused-ring (bicyclic) bond motifs is 1. The molecule has 0 amide bonds. The van der Waals surface area contributed by atoms with Crippen LogP contribution in [0.4, 0.5) is 0 Å². The molecule has 3 rings (SSSR count). The Kier molecular flexibility index (Phi) is 3.04. The van der Waals surface area contributed by atoms with E-state index in [4.69, 9.17) is 18.0 Å². The van der Waals surface area contributed by atoms with Crippen molar-refractivity contribution in [2.75, 3.05) is 0 Å². The number of hydrogen-bond acceptors (Lipinski definition) is 6. The van der Waals surface area contributed by atoms with Gasteiger partial charge in [-0.1, -0.05) is 18.3 Å². The quantitative estimate of drug-likeness (QED) is 0.732. The normalized spacial score (nSPS) is 11.8. The largest absolute Gasteiger partial charge is 0.387 e. The van der Waals surface area contributed by atoms with Gasteiger partial charge in [0, 0.05) is 6.20 Å². The highest BCUT2D eigenvalue weighted by atomic mass is 32.2. The molecule has 0 bridgehead atoms. The monoisotopic (exact) mass is 324 g/mol. The third kappa shape index (κ3) is 1.90. The van der Waals surface area contributed by atoms with E-state index in [0.717, 1.165) is 15.3 Å². The van der Waals surface area contributed by atoms with Crippen LogP contribution in [-0.2, 0) is 10.0 Å². The van der Waals surface area contributed by atoms with Gasteiger partial charge in [0.2, 0.25) is 0 Å². The third-order valence-corrected chi connectivity index (χ3v) is 5.86. The van der Waals surface area contributed by atoms with E-state index in [1.165, 1.54) is 12.3 Å². The topological polar surface area (TPSA) is 90.9 Å². The minimum Gasteiger partial charge on any atom is -0.387 e. The molecule has 0 spiro atoms. The fourth-order valence-corrected chi connectivity index (χ4v) is 4.51. The summed E-state index contributed by atoms with van der Waals surface area (Å²) < 4.78 is 26.6. The summed E-state index contributed by atoms with van der Waals surface area (Å²) in [7, 11) is -3.79. The summed E-state index contributed by atoms with van der Waals surface area (Å²) in [6, 6.07) is 6.43. The van der Waals surface area contributed by atoms with Crippen LogP contribution in [0.5, 0.6) is 0 Å². The van der Waals surface area contributed by atoms with Gasteiger partial charge in [0.25, 0.3) is 10.0 Å². The Morgan fingerprint density at radius 2 is 2.15 bits per heavy atom. The van der Waals surface area contributed by atoms with Gasteiger partial charge < -0.3 is 5.73 Å². The number of thiocarbonyl (C=S) groups is 1. The van der Waals surface area contributed by atoms with E-state index in [1.54, 1.807) is 23.6 Å². The van der Waals surface area contributed by atoms with E-state index in [9.17, 15) is 8.42 Å². The number of thiophene rings is 1. The molecule has 0 aliphatic rings. The minimum absolute atomic E-state index is 0.0158. The van der Waals surface area contributed by atoms with Gasteiger partial charge >= 0.3 is 0 Å². The smallest absolute Gasteiger partial charge is 0.279 e. The van der Waals surface area contributed by atoms with Crippen LogP contribution in [0, 0.1) is 0 Å². The van der Waals surface area contributed by atoms with E-state index in [0.29, 0.717) is 5.52 Å². The van der Waals surface area contributed by atoms with Crippen LogP contribution in [0.1, 0.15) is 5.82 Å². The number of pyridine rings is 1. The first-order valence-electron chi connectivity index (χ1n) is 5.44. The number of nitrogens with zero attached hydrogens (tertiary/aromatic N) is 3. The molecule has 0 aliphatic carbocycles. The molecule has 0 saturated carbocycles. The molecule has 3 heterocycles. The van der Waals surface area contributed by atoms with Crippen LogP contribution in [0.25, 0.3) is 11.2 Å². The van der Waals surface area contributed by atoms with Crippen LogP contribution in [-0.4, -0.2) is 27.3 Å². The lowest BCUT2D eigenvalue weighted by Crippen LogP contribution is -2.22. The summed E-state index contributed by atoms with van der Waals surface area (Å²) in [4.78, 5) is 8.04. The standard InChI is InChI=1S/C11H8N4O2S3/c12-9(18)11-14-10-7(3-1-5-13-10)15(11)20(16,17)8-4-2-6-19-8/h1-6H,(H2,12,18). The molecule has 0 atom stereocenters. The molecule has 3 aromatic heterocycles. The molecule has 0 saturated heterocycles.